The van der Waals surface area contributed by atoms with Gasteiger partial charge in [0.2, 0.25) is 0 Å². The zero-order chi connectivity index (χ0) is 7.56. The first-order valence-electron chi connectivity index (χ1n) is 2.80. The van der Waals surface area contributed by atoms with Crippen LogP contribution >= 0.6 is 0 Å². The van der Waals surface area contributed by atoms with Gasteiger partial charge in [0.15, 0.2) is 0 Å². The molecule has 0 aliphatic heterocycles. The Morgan fingerprint density at radius 3 is 2.70 bits per heavy atom. The van der Waals surface area contributed by atoms with Crippen LogP contribution in [0.2, 0.25) is 0 Å². The SMILES string of the molecule is Cc1cccc([Se][Se])c1F. The van der Waals surface area contributed by atoms with Gasteiger partial charge < -0.3 is 0 Å². The number of benzene rings is 1. The zero-order valence-corrected chi connectivity index (χ0v) is 8.85. The molecule has 1 aromatic rings. The normalized spacial score (nSPS) is 9.90. The molecule has 0 aromatic heterocycles. The van der Waals surface area contributed by atoms with E-state index >= 15 is 0 Å². The molecule has 0 aliphatic rings. The molecule has 0 heterocycles. The molecular formula is C7H6FSe2. The summed E-state index contributed by atoms with van der Waals surface area (Å²) >= 11 is 3.00. The monoisotopic (exact) mass is 269 g/mol. The van der Waals surface area contributed by atoms with Crippen molar-refractivity contribution in [1.82, 2.24) is 0 Å². The van der Waals surface area contributed by atoms with Crippen molar-refractivity contribution in [2.45, 2.75) is 6.92 Å². The van der Waals surface area contributed by atoms with E-state index in [1.165, 1.54) is 0 Å². The molecule has 0 N–H and O–H groups in total. The van der Waals surface area contributed by atoms with Gasteiger partial charge in [-0.05, 0) is 0 Å². The van der Waals surface area contributed by atoms with Crippen LogP contribution in [0.3, 0.4) is 0 Å². The van der Waals surface area contributed by atoms with E-state index in [1.54, 1.807) is 13.0 Å². The standard InChI is InChI=1S/C7H6FSe2/c1-5-3-2-4-6(10-9)7(5)8/h2-4H,1H3. The molecule has 0 aliphatic carbocycles. The van der Waals surface area contributed by atoms with Gasteiger partial charge in [0.1, 0.15) is 0 Å². The summed E-state index contributed by atoms with van der Waals surface area (Å²) in [6.45, 7) is 1.78. The molecule has 0 nitrogen and oxygen atoms in total. The van der Waals surface area contributed by atoms with E-state index in [2.05, 4.69) is 14.2 Å². The zero-order valence-electron chi connectivity index (χ0n) is 5.43. The summed E-state index contributed by atoms with van der Waals surface area (Å²) in [5.41, 5.74) is 0.731. The number of hydrogen-bond acceptors (Lipinski definition) is 0. The van der Waals surface area contributed by atoms with E-state index in [1.807, 2.05) is 12.1 Å². The summed E-state index contributed by atoms with van der Waals surface area (Å²) in [6, 6.07) is 5.48. The fourth-order valence-electron chi connectivity index (χ4n) is 0.685. The van der Waals surface area contributed by atoms with Crippen LogP contribution in [-0.4, -0.2) is 27.3 Å². The van der Waals surface area contributed by atoms with Crippen LogP contribution in [-0.2, 0) is 0 Å². The average molecular weight is 267 g/mol. The third kappa shape index (κ3) is 1.61. The van der Waals surface area contributed by atoms with Crippen molar-refractivity contribution in [2.24, 2.45) is 0 Å². The Labute approximate surface area is 72.7 Å². The van der Waals surface area contributed by atoms with Gasteiger partial charge in [-0.2, -0.15) is 0 Å². The van der Waals surface area contributed by atoms with E-state index in [0.29, 0.717) is 0 Å². The van der Waals surface area contributed by atoms with Crippen molar-refractivity contribution in [3.63, 3.8) is 0 Å². The summed E-state index contributed by atoms with van der Waals surface area (Å²) < 4.78 is 13.8. The first-order valence-corrected chi connectivity index (χ1v) is 7.99. The summed E-state index contributed by atoms with van der Waals surface area (Å²) in [5.74, 6) is -0.0544. The molecule has 3 heteroatoms. The number of halogens is 1. The quantitative estimate of drug-likeness (QED) is 0.652. The van der Waals surface area contributed by atoms with E-state index in [-0.39, 0.29) is 18.9 Å². The molecule has 0 atom stereocenters. The minimum atomic E-state index is -0.0544. The second-order valence-corrected chi connectivity index (χ2v) is 5.06. The van der Waals surface area contributed by atoms with Crippen LogP contribution in [0.15, 0.2) is 18.2 Å². The van der Waals surface area contributed by atoms with E-state index in [9.17, 15) is 4.39 Å². The fourth-order valence-corrected chi connectivity index (χ4v) is 2.86. The van der Waals surface area contributed by atoms with Gasteiger partial charge in [-0.25, -0.2) is 0 Å². The Balaban J connectivity index is 3.14. The van der Waals surface area contributed by atoms with E-state index in [4.69, 9.17) is 0 Å². The third-order valence-corrected chi connectivity index (χ3v) is 4.24. The summed E-state index contributed by atoms with van der Waals surface area (Å²) in [6.07, 6.45) is 0. The van der Waals surface area contributed by atoms with Crippen LogP contribution in [0, 0.1) is 12.7 Å². The van der Waals surface area contributed by atoms with Crippen LogP contribution < -0.4 is 4.46 Å². The molecule has 0 saturated heterocycles. The van der Waals surface area contributed by atoms with Crippen molar-refractivity contribution < 1.29 is 4.39 Å². The van der Waals surface area contributed by atoms with Crippen molar-refractivity contribution in [3.05, 3.63) is 29.6 Å². The molecule has 0 unspecified atom stereocenters. The van der Waals surface area contributed by atoms with Gasteiger partial charge in [-0.1, -0.05) is 0 Å². The molecule has 1 aromatic carbocycles. The predicted octanol–water partition coefficient (Wildman–Crippen LogP) is 0.547. The molecule has 10 heavy (non-hydrogen) atoms. The second-order valence-electron chi connectivity index (χ2n) is 1.97. The predicted molar refractivity (Wildman–Crippen MR) is 42.3 cm³/mol. The average Bonchev–Trinajstić information content (AvgIpc) is 1.95. The van der Waals surface area contributed by atoms with Crippen molar-refractivity contribution in [3.8, 4) is 0 Å². The molecule has 53 valence electrons. The van der Waals surface area contributed by atoms with Crippen LogP contribution in [0.4, 0.5) is 4.39 Å². The van der Waals surface area contributed by atoms with Crippen molar-refractivity contribution in [2.75, 3.05) is 0 Å². The maximum absolute atomic E-state index is 13.0. The fraction of sp³-hybridized carbons (Fsp3) is 0.143. The van der Waals surface area contributed by atoms with Crippen molar-refractivity contribution >= 4 is 31.8 Å². The molecule has 1 rings (SSSR count). The van der Waals surface area contributed by atoms with Gasteiger partial charge in [-0.15, -0.1) is 0 Å². The molecule has 0 fully saturated rings. The van der Waals surface area contributed by atoms with Crippen LogP contribution in [0.5, 0.6) is 0 Å². The van der Waals surface area contributed by atoms with E-state index < -0.39 is 0 Å². The van der Waals surface area contributed by atoms with Crippen LogP contribution in [0.1, 0.15) is 5.56 Å². The molecule has 0 bridgehead atoms. The summed E-state index contributed by atoms with van der Waals surface area (Å²) in [7, 11) is 0. The Bertz CT molecular complexity index is 235. The first-order chi connectivity index (χ1) is 4.75. The number of rotatable bonds is 1. The van der Waals surface area contributed by atoms with Gasteiger partial charge >= 0.3 is 72.7 Å². The molecule has 0 spiro atoms. The summed E-state index contributed by atoms with van der Waals surface area (Å²) in [4.78, 5) is 0. The maximum atomic E-state index is 13.0. The first kappa shape index (κ1) is 8.29. The van der Waals surface area contributed by atoms with E-state index in [0.717, 1.165) is 10.0 Å². The van der Waals surface area contributed by atoms with Gasteiger partial charge in [0.25, 0.3) is 0 Å². The third-order valence-electron chi connectivity index (χ3n) is 1.25. The molecule has 1 radical (unpaired) electrons. The minimum absolute atomic E-state index is 0.0544. The van der Waals surface area contributed by atoms with Gasteiger partial charge in [0.05, 0.1) is 0 Å². The molecular weight excluding hydrogens is 261 g/mol. The molecule has 0 saturated carbocycles. The van der Waals surface area contributed by atoms with Gasteiger partial charge in [0, 0.05) is 0 Å². The second kappa shape index (κ2) is 3.54. The van der Waals surface area contributed by atoms with Crippen molar-refractivity contribution in [1.29, 1.82) is 0 Å². The Hall–Kier alpha value is 0.189. The number of hydrogen-bond donors (Lipinski definition) is 0. The Morgan fingerprint density at radius 2 is 2.20 bits per heavy atom. The molecule has 0 amide bonds. The number of aryl methyl sites for hydroxylation is 1. The van der Waals surface area contributed by atoms with Crippen LogP contribution in [0.25, 0.3) is 0 Å². The Kier molecular flexibility index (Phi) is 2.94. The Morgan fingerprint density at radius 1 is 1.50 bits per heavy atom. The van der Waals surface area contributed by atoms with Gasteiger partial charge in [-0.3, -0.25) is 0 Å². The summed E-state index contributed by atoms with van der Waals surface area (Å²) in [5, 5.41) is 0. The topological polar surface area (TPSA) is 0 Å².